The third-order valence-corrected chi connectivity index (χ3v) is 3.16. The Kier molecular flexibility index (Phi) is 4.72. The molecule has 1 aromatic rings. The van der Waals surface area contributed by atoms with E-state index in [1.165, 1.54) is 11.1 Å². The van der Waals surface area contributed by atoms with E-state index < -0.39 is 0 Å². The summed E-state index contributed by atoms with van der Waals surface area (Å²) in [4.78, 5) is 0. The van der Waals surface area contributed by atoms with E-state index in [0.717, 1.165) is 0 Å². The lowest BCUT2D eigenvalue weighted by Gasteiger charge is -2.27. The molecule has 1 rings (SSSR count). The average molecular weight is 235 g/mol. The predicted octanol–water partition coefficient (Wildman–Crippen LogP) is 3.05. The summed E-state index contributed by atoms with van der Waals surface area (Å²) < 4.78 is 0. The predicted molar refractivity (Wildman–Crippen MR) is 73.1 cm³/mol. The lowest BCUT2D eigenvalue weighted by atomic mass is 9.89. The van der Waals surface area contributed by atoms with Crippen LogP contribution >= 0.6 is 0 Å². The molecule has 0 amide bonds. The number of aliphatic hydroxyl groups is 1. The number of aliphatic hydroxyl groups excluding tert-OH is 1. The molecule has 0 saturated heterocycles. The molecule has 2 unspecified atom stereocenters. The molecule has 0 bridgehead atoms. The maximum absolute atomic E-state index is 9.97. The highest BCUT2D eigenvalue weighted by atomic mass is 16.3. The highest BCUT2D eigenvalue weighted by molar-refractivity contribution is 5.24. The molecule has 2 N–H and O–H groups in total. The molecule has 1 aromatic carbocycles. The van der Waals surface area contributed by atoms with Crippen molar-refractivity contribution >= 4 is 0 Å². The van der Waals surface area contributed by atoms with Gasteiger partial charge in [0.25, 0.3) is 0 Å². The van der Waals surface area contributed by atoms with Crippen molar-refractivity contribution in [3.63, 3.8) is 0 Å². The maximum atomic E-state index is 9.97. The van der Waals surface area contributed by atoms with Crippen LogP contribution < -0.4 is 5.32 Å². The van der Waals surface area contributed by atoms with Crippen LogP contribution in [0.3, 0.4) is 0 Å². The molecule has 0 fully saturated rings. The summed E-state index contributed by atoms with van der Waals surface area (Å²) in [5, 5.41) is 13.4. The Labute approximate surface area is 105 Å². The van der Waals surface area contributed by atoms with E-state index in [1.54, 1.807) is 0 Å². The zero-order valence-electron chi connectivity index (χ0n) is 11.6. The van der Waals surface area contributed by atoms with E-state index in [4.69, 9.17) is 0 Å². The van der Waals surface area contributed by atoms with Gasteiger partial charge in [0.05, 0.1) is 6.10 Å². The molecule has 0 aliphatic rings. The number of benzene rings is 1. The topological polar surface area (TPSA) is 32.3 Å². The highest BCUT2D eigenvalue weighted by Crippen LogP contribution is 2.20. The van der Waals surface area contributed by atoms with Crippen molar-refractivity contribution in [1.82, 2.24) is 5.32 Å². The molecular weight excluding hydrogens is 210 g/mol. The van der Waals surface area contributed by atoms with Crippen LogP contribution in [0.1, 0.15) is 44.9 Å². The van der Waals surface area contributed by atoms with Crippen LogP contribution in [-0.4, -0.2) is 17.8 Å². The fraction of sp³-hybridized carbons (Fsp3) is 0.600. The fourth-order valence-corrected chi connectivity index (χ4v) is 1.65. The summed E-state index contributed by atoms with van der Waals surface area (Å²) in [6, 6.07) is 8.74. The molecule has 0 radical (unpaired) electrons. The summed E-state index contributed by atoms with van der Waals surface area (Å²) in [6.07, 6.45) is -0.324. The zero-order chi connectivity index (χ0) is 13.1. The van der Waals surface area contributed by atoms with E-state index in [1.807, 2.05) is 0 Å². The van der Waals surface area contributed by atoms with Crippen LogP contribution in [0.25, 0.3) is 0 Å². The van der Waals surface area contributed by atoms with Crippen LogP contribution in [-0.2, 0) is 0 Å². The Morgan fingerprint density at radius 3 is 2.47 bits per heavy atom. The molecule has 0 spiro atoms. The second-order valence-corrected chi connectivity index (χ2v) is 5.93. The SMILES string of the molecule is Cc1cccc(C(C)NCC(O)C(C)(C)C)c1. The molecule has 96 valence electrons. The van der Waals surface area contributed by atoms with E-state index in [9.17, 15) is 5.11 Å². The molecule has 17 heavy (non-hydrogen) atoms. The first kappa shape index (κ1) is 14.2. The number of rotatable bonds is 4. The Morgan fingerprint density at radius 1 is 1.29 bits per heavy atom. The van der Waals surface area contributed by atoms with Gasteiger partial charge in [-0.25, -0.2) is 0 Å². The zero-order valence-corrected chi connectivity index (χ0v) is 11.6. The van der Waals surface area contributed by atoms with Gasteiger partial charge >= 0.3 is 0 Å². The quantitative estimate of drug-likeness (QED) is 0.840. The number of hydrogen-bond acceptors (Lipinski definition) is 2. The van der Waals surface area contributed by atoms with Gasteiger partial charge in [0.1, 0.15) is 0 Å². The molecular formula is C15H25NO. The smallest absolute Gasteiger partial charge is 0.0712 e. The number of hydrogen-bond donors (Lipinski definition) is 2. The van der Waals surface area contributed by atoms with Crippen molar-refractivity contribution in [2.24, 2.45) is 5.41 Å². The largest absolute Gasteiger partial charge is 0.391 e. The summed E-state index contributed by atoms with van der Waals surface area (Å²) in [5.41, 5.74) is 2.47. The molecule has 0 saturated carbocycles. The van der Waals surface area contributed by atoms with Crippen molar-refractivity contribution in [1.29, 1.82) is 0 Å². The van der Waals surface area contributed by atoms with Crippen molar-refractivity contribution in [3.05, 3.63) is 35.4 Å². The van der Waals surface area contributed by atoms with Gasteiger partial charge < -0.3 is 10.4 Å². The van der Waals surface area contributed by atoms with Crippen molar-refractivity contribution in [3.8, 4) is 0 Å². The van der Waals surface area contributed by atoms with Gasteiger partial charge in [0.15, 0.2) is 0 Å². The summed E-state index contributed by atoms with van der Waals surface area (Å²) in [6.45, 7) is 11.0. The van der Waals surface area contributed by atoms with Crippen LogP contribution in [0.4, 0.5) is 0 Å². The molecule has 0 aliphatic heterocycles. The Balaban J connectivity index is 2.53. The van der Waals surface area contributed by atoms with Crippen LogP contribution in [0.15, 0.2) is 24.3 Å². The van der Waals surface area contributed by atoms with Gasteiger partial charge in [-0.3, -0.25) is 0 Å². The van der Waals surface area contributed by atoms with Crippen LogP contribution in [0, 0.1) is 12.3 Å². The molecule has 2 heteroatoms. The Morgan fingerprint density at radius 2 is 1.94 bits per heavy atom. The van der Waals surface area contributed by atoms with Crippen LogP contribution in [0.2, 0.25) is 0 Å². The summed E-state index contributed by atoms with van der Waals surface area (Å²) in [5.74, 6) is 0. The molecule has 0 aromatic heterocycles. The summed E-state index contributed by atoms with van der Waals surface area (Å²) >= 11 is 0. The van der Waals surface area contributed by atoms with E-state index in [2.05, 4.69) is 64.2 Å². The third-order valence-electron chi connectivity index (χ3n) is 3.16. The summed E-state index contributed by atoms with van der Waals surface area (Å²) in [7, 11) is 0. The lowest BCUT2D eigenvalue weighted by Crippen LogP contribution is -2.37. The number of aryl methyl sites for hydroxylation is 1. The molecule has 2 nitrogen and oxygen atoms in total. The molecule has 2 atom stereocenters. The van der Waals surface area contributed by atoms with Gasteiger partial charge in [-0.1, -0.05) is 50.6 Å². The first-order valence-corrected chi connectivity index (χ1v) is 6.28. The normalized spacial score (nSPS) is 15.6. The van der Waals surface area contributed by atoms with Gasteiger partial charge in [0.2, 0.25) is 0 Å². The molecule has 0 aliphatic carbocycles. The second-order valence-electron chi connectivity index (χ2n) is 5.93. The van der Waals surface area contributed by atoms with Crippen molar-refractivity contribution in [2.45, 2.75) is 46.8 Å². The lowest BCUT2D eigenvalue weighted by molar-refractivity contribution is 0.0609. The van der Waals surface area contributed by atoms with E-state index >= 15 is 0 Å². The minimum absolute atomic E-state index is 0.0701. The fourth-order valence-electron chi connectivity index (χ4n) is 1.65. The van der Waals surface area contributed by atoms with Gasteiger partial charge in [-0.05, 0) is 24.8 Å². The highest BCUT2D eigenvalue weighted by Gasteiger charge is 2.22. The standard InChI is InChI=1S/C15H25NO/c1-11-7-6-8-13(9-11)12(2)16-10-14(17)15(3,4)5/h6-9,12,14,16-17H,10H2,1-5H3. The Bertz CT molecular complexity index is 354. The van der Waals surface area contributed by atoms with Crippen molar-refractivity contribution < 1.29 is 5.11 Å². The Hall–Kier alpha value is -0.860. The van der Waals surface area contributed by atoms with E-state index in [-0.39, 0.29) is 17.6 Å². The third kappa shape index (κ3) is 4.49. The minimum atomic E-state index is -0.324. The van der Waals surface area contributed by atoms with Gasteiger partial charge in [-0.15, -0.1) is 0 Å². The van der Waals surface area contributed by atoms with Crippen molar-refractivity contribution in [2.75, 3.05) is 6.54 Å². The average Bonchev–Trinajstić information content (AvgIpc) is 2.24. The first-order valence-electron chi connectivity index (χ1n) is 6.28. The van der Waals surface area contributed by atoms with E-state index in [0.29, 0.717) is 6.54 Å². The maximum Gasteiger partial charge on any atom is 0.0712 e. The second kappa shape index (κ2) is 5.65. The first-order chi connectivity index (χ1) is 7.80. The minimum Gasteiger partial charge on any atom is -0.391 e. The number of nitrogens with one attached hydrogen (secondary N) is 1. The van der Waals surface area contributed by atoms with Crippen LogP contribution in [0.5, 0.6) is 0 Å². The monoisotopic (exact) mass is 235 g/mol. The van der Waals surface area contributed by atoms with Gasteiger partial charge in [-0.2, -0.15) is 0 Å². The van der Waals surface area contributed by atoms with Gasteiger partial charge in [0, 0.05) is 12.6 Å². The molecule has 0 heterocycles.